The number of amides is 1. The minimum absolute atomic E-state index is 0.0162. The van der Waals surface area contributed by atoms with Gasteiger partial charge >= 0.3 is 0 Å². The Kier molecular flexibility index (Phi) is 7.27. The highest BCUT2D eigenvalue weighted by atomic mass is 32.1. The van der Waals surface area contributed by atoms with Crippen molar-refractivity contribution in [3.05, 3.63) is 62.8 Å². The van der Waals surface area contributed by atoms with Gasteiger partial charge in [-0.3, -0.25) is 25.0 Å². The van der Waals surface area contributed by atoms with Crippen LogP contribution in [0.1, 0.15) is 60.6 Å². The highest BCUT2D eigenvalue weighted by Crippen LogP contribution is 2.33. The van der Waals surface area contributed by atoms with Crippen molar-refractivity contribution in [2.45, 2.75) is 70.0 Å². The third kappa shape index (κ3) is 5.32. The molecule has 1 amide bonds. The molecule has 0 saturated carbocycles. The van der Waals surface area contributed by atoms with Gasteiger partial charge in [-0.05, 0) is 68.2 Å². The van der Waals surface area contributed by atoms with Gasteiger partial charge in [0.05, 0.1) is 11.7 Å². The smallest absolute Gasteiger partial charge is 0.262 e. The van der Waals surface area contributed by atoms with Crippen molar-refractivity contribution in [2.24, 2.45) is 0 Å². The fourth-order valence-electron chi connectivity index (χ4n) is 5.20. The zero-order valence-electron chi connectivity index (χ0n) is 20.1. The highest BCUT2D eigenvalue weighted by molar-refractivity contribution is 7.18. The summed E-state index contributed by atoms with van der Waals surface area (Å²) in [5.41, 5.74) is 8.65. The molecule has 3 aromatic rings. The first-order chi connectivity index (χ1) is 17.0. The van der Waals surface area contributed by atoms with Crippen molar-refractivity contribution in [3.63, 3.8) is 0 Å². The summed E-state index contributed by atoms with van der Waals surface area (Å²) in [4.78, 5) is 34.2. The van der Waals surface area contributed by atoms with E-state index in [1.54, 1.807) is 39.3 Å². The Morgan fingerprint density at radius 2 is 2.14 bits per heavy atom. The lowest BCUT2D eigenvalue weighted by atomic mass is 9.97. The molecule has 9 heteroatoms. The van der Waals surface area contributed by atoms with E-state index in [0.29, 0.717) is 13.1 Å². The summed E-state index contributed by atoms with van der Waals surface area (Å²) in [5.74, 6) is -0.194. The number of benzene rings is 1. The van der Waals surface area contributed by atoms with E-state index in [0.717, 1.165) is 54.3 Å². The Balaban J connectivity index is 1.09. The fraction of sp³-hybridized carbons (Fsp3) is 0.500. The molecule has 2 unspecified atom stereocenters. The van der Waals surface area contributed by atoms with Crippen LogP contribution in [0.25, 0.3) is 10.2 Å². The van der Waals surface area contributed by atoms with Gasteiger partial charge in [0.2, 0.25) is 5.91 Å². The van der Waals surface area contributed by atoms with Crippen LogP contribution in [-0.4, -0.2) is 40.0 Å². The van der Waals surface area contributed by atoms with Crippen LogP contribution in [0.5, 0.6) is 0 Å². The number of carbonyl (C=O) groups is 1. The summed E-state index contributed by atoms with van der Waals surface area (Å²) in [6, 6.07) is 7.06. The number of hydrazine groups is 1. The van der Waals surface area contributed by atoms with Gasteiger partial charge in [-0.1, -0.05) is 12.1 Å². The zero-order chi connectivity index (χ0) is 24.4. The van der Waals surface area contributed by atoms with E-state index in [-0.39, 0.29) is 35.8 Å². The van der Waals surface area contributed by atoms with Crippen molar-refractivity contribution < 1.29 is 9.18 Å². The van der Waals surface area contributed by atoms with Crippen molar-refractivity contribution in [1.82, 2.24) is 25.3 Å². The molecule has 1 aliphatic heterocycles. The number of fused-ring (bicyclic) bond motifs is 3. The number of carbonyl (C=O) groups excluding carboxylic acids is 1. The summed E-state index contributed by atoms with van der Waals surface area (Å²) in [7, 11) is 1.82. The van der Waals surface area contributed by atoms with Crippen molar-refractivity contribution in [2.75, 3.05) is 13.6 Å². The lowest BCUT2D eigenvalue weighted by Crippen LogP contribution is -2.33. The lowest BCUT2D eigenvalue weighted by molar-refractivity contribution is -0.130. The molecule has 3 heterocycles. The van der Waals surface area contributed by atoms with E-state index in [4.69, 9.17) is 0 Å². The summed E-state index contributed by atoms with van der Waals surface area (Å²) in [6.07, 6.45) is 8.82. The number of rotatable bonds is 8. The molecule has 2 aromatic heterocycles. The zero-order valence-corrected chi connectivity index (χ0v) is 20.9. The van der Waals surface area contributed by atoms with E-state index < -0.39 is 0 Å². The molecule has 0 spiro atoms. The molecule has 0 radical (unpaired) electrons. The Bertz CT molecular complexity index is 1270. The number of aromatic nitrogens is 2. The van der Waals surface area contributed by atoms with Gasteiger partial charge in [-0.25, -0.2) is 9.37 Å². The first-order valence-corrected chi connectivity index (χ1v) is 13.3. The molecule has 1 saturated heterocycles. The second-order valence-corrected chi connectivity index (χ2v) is 10.8. The largest absolute Gasteiger partial charge is 0.346 e. The second-order valence-electron chi connectivity index (χ2n) is 9.67. The summed E-state index contributed by atoms with van der Waals surface area (Å²) in [6.45, 7) is 1.00. The molecule has 2 aliphatic rings. The minimum Gasteiger partial charge on any atom is -0.346 e. The number of hydrogen-bond donors (Lipinski definition) is 2. The highest BCUT2D eigenvalue weighted by Gasteiger charge is 2.25. The van der Waals surface area contributed by atoms with Gasteiger partial charge in [0, 0.05) is 43.5 Å². The van der Waals surface area contributed by atoms with Crippen LogP contribution in [-0.2, 0) is 24.2 Å². The second kappa shape index (κ2) is 10.6. The van der Waals surface area contributed by atoms with Crippen molar-refractivity contribution in [1.29, 1.82) is 0 Å². The van der Waals surface area contributed by atoms with Gasteiger partial charge in [0.1, 0.15) is 10.6 Å². The monoisotopic (exact) mass is 497 g/mol. The fourth-order valence-corrected chi connectivity index (χ4v) is 6.42. The van der Waals surface area contributed by atoms with E-state index in [9.17, 15) is 14.0 Å². The molecule has 5 rings (SSSR count). The van der Waals surface area contributed by atoms with Gasteiger partial charge in [-0.2, -0.15) is 0 Å². The maximum atomic E-state index is 13.5. The average Bonchev–Trinajstić information content (AvgIpc) is 3.48. The van der Waals surface area contributed by atoms with Crippen molar-refractivity contribution in [3.8, 4) is 0 Å². The molecule has 186 valence electrons. The standard InChI is InChI=1S/C26H32FN5O2S/c1-31(12-5-8-19-15-21(30-29-19)17-6-4-7-18(27)14-17)23(33)11-13-32-16-28-25-24(26(32)34)20-9-2-3-10-22(20)35-25/h4,6-7,14,16,19,21,29-30H,2-3,5,8-13,15H2,1H3. The number of nitrogens with zero attached hydrogens (tertiary/aromatic N) is 3. The summed E-state index contributed by atoms with van der Waals surface area (Å²) < 4.78 is 15.1. The predicted octanol–water partition coefficient (Wildman–Crippen LogP) is 3.71. The number of hydrogen-bond acceptors (Lipinski definition) is 6. The Morgan fingerprint density at radius 1 is 1.29 bits per heavy atom. The SMILES string of the molecule is CN(CCCC1CC(c2cccc(F)c2)NN1)C(=O)CCn1cnc2sc3c(c2c1=O)CCCC3. The van der Waals surface area contributed by atoms with E-state index in [2.05, 4.69) is 15.8 Å². The van der Waals surface area contributed by atoms with Crippen LogP contribution >= 0.6 is 11.3 Å². The Hall–Kier alpha value is -2.62. The minimum atomic E-state index is -0.222. The Morgan fingerprint density at radius 3 is 3.00 bits per heavy atom. The van der Waals surface area contributed by atoms with E-state index >= 15 is 0 Å². The summed E-state index contributed by atoms with van der Waals surface area (Å²) in [5, 5.41) is 0.766. The topological polar surface area (TPSA) is 79.3 Å². The first kappa shape index (κ1) is 24.1. The van der Waals surface area contributed by atoms with Gasteiger partial charge < -0.3 is 4.90 Å². The van der Waals surface area contributed by atoms with Crippen LogP contribution in [0.3, 0.4) is 0 Å². The lowest BCUT2D eigenvalue weighted by Gasteiger charge is -2.18. The van der Waals surface area contributed by atoms with Crippen LogP contribution < -0.4 is 16.4 Å². The molecule has 1 aromatic carbocycles. The van der Waals surface area contributed by atoms with Gasteiger partial charge in [0.15, 0.2) is 0 Å². The maximum Gasteiger partial charge on any atom is 0.262 e. The third-order valence-corrected chi connectivity index (χ3v) is 8.41. The van der Waals surface area contributed by atoms with Crippen LogP contribution in [0.2, 0.25) is 0 Å². The van der Waals surface area contributed by atoms with Crippen molar-refractivity contribution >= 4 is 27.5 Å². The number of aryl methyl sites for hydroxylation is 3. The molecular weight excluding hydrogens is 465 g/mol. The molecule has 7 nitrogen and oxygen atoms in total. The number of halogens is 1. The summed E-state index contributed by atoms with van der Waals surface area (Å²) >= 11 is 1.64. The number of thiophene rings is 1. The number of nitrogens with one attached hydrogen (secondary N) is 2. The van der Waals surface area contributed by atoms with Gasteiger partial charge in [0.25, 0.3) is 5.56 Å². The Labute approximate surface area is 208 Å². The third-order valence-electron chi connectivity index (χ3n) is 7.21. The quantitative estimate of drug-likeness (QED) is 0.496. The molecule has 2 atom stereocenters. The molecular formula is C26H32FN5O2S. The predicted molar refractivity (Wildman–Crippen MR) is 136 cm³/mol. The molecule has 1 aliphatic carbocycles. The molecule has 0 bridgehead atoms. The van der Waals surface area contributed by atoms with Crippen LogP contribution in [0, 0.1) is 5.82 Å². The van der Waals surface area contributed by atoms with Crippen LogP contribution in [0.4, 0.5) is 4.39 Å². The van der Waals surface area contributed by atoms with E-state index in [1.165, 1.54) is 22.9 Å². The van der Waals surface area contributed by atoms with Gasteiger partial charge in [-0.15, -0.1) is 11.3 Å². The molecule has 2 N–H and O–H groups in total. The average molecular weight is 498 g/mol. The normalized spacial score (nSPS) is 19.7. The molecule has 35 heavy (non-hydrogen) atoms. The molecule has 1 fully saturated rings. The van der Waals surface area contributed by atoms with Crippen LogP contribution in [0.15, 0.2) is 35.4 Å². The first-order valence-electron chi connectivity index (χ1n) is 12.5. The van der Waals surface area contributed by atoms with E-state index in [1.807, 2.05) is 13.1 Å². The maximum absolute atomic E-state index is 13.5.